The van der Waals surface area contributed by atoms with Gasteiger partial charge in [-0.1, -0.05) is 35.9 Å². The van der Waals surface area contributed by atoms with Crippen molar-refractivity contribution in [2.75, 3.05) is 5.32 Å². The standard InChI is InChI=1S/C24H22N4O2S2/c1-15-3-2-4-18(11-15)21-13-32-24(27-21)26-20(22-14-31-23(25-22)17-7-8-17)12-16-5-9-19(10-6-16)28(29)30/h2-6,9-11,13-14,17,20H,7-8,12H2,1H3,(H,26,27). The van der Waals surface area contributed by atoms with Crippen molar-refractivity contribution in [1.82, 2.24) is 9.97 Å². The molecule has 1 N–H and O–H groups in total. The fourth-order valence-electron chi connectivity index (χ4n) is 3.62. The Morgan fingerprint density at radius 3 is 2.66 bits per heavy atom. The van der Waals surface area contributed by atoms with E-state index >= 15 is 0 Å². The van der Waals surface area contributed by atoms with Gasteiger partial charge in [-0.2, -0.15) is 0 Å². The molecule has 0 amide bonds. The number of aryl methyl sites for hydroxylation is 1. The number of hydrogen-bond donors (Lipinski definition) is 1. The number of aromatic nitrogens is 2. The van der Waals surface area contributed by atoms with Crippen LogP contribution in [-0.2, 0) is 6.42 Å². The third-order valence-electron chi connectivity index (χ3n) is 5.53. The maximum absolute atomic E-state index is 11.0. The minimum absolute atomic E-state index is 0.0586. The molecule has 0 bridgehead atoms. The molecule has 2 heterocycles. The first-order valence-electron chi connectivity index (χ1n) is 10.5. The lowest BCUT2D eigenvalue weighted by atomic mass is 10.0. The van der Waals surface area contributed by atoms with E-state index in [9.17, 15) is 10.1 Å². The summed E-state index contributed by atoms with van der Waals surface area (Å²) < 4.78 is 0. The van der Waals surface area contributed by atoms with Crippen molar-refractivity contribution in [3.05, 3.63) is 91.2 Å². The van der Waals surface area contributed by atoms with E-state index in [1.807, 2.05) is 18.2 Å². The second kappa shape index (κ2) is 8.80. The van der Waals surface area contributed by atoms with E-state index in [0.717, 1.165) is 27.6 Å². The van der Waals surface area contributed by atoms with Gasteiger partial charge in [0.25, 0.3) is 5.69 Å². The van der Waals surface area contributed by atoms with Crippen molar-refractivity contribution >= 4 is 33.5 Å². The molecule has 0 saturated heterocycles. The van der Waals surface area contributed by atoms with E-state index in [1.54, 1.807) is 34.8 Å². The molecule has 0 aliphatic heterocycles. The van der Waals surface area contributed by atoms with Gasteiger partial charge < -0.3 is 5.32 Å². The molecule has 8 heteroatoms. The van der Waals surface area contributed by atoms with Crippen molar-refractivity contribution in [3.63, 3.8) is 0 Å². The first kappa shape index (κ1) is 20.8. The molecule has 4 aromatic rings. The number of nitrogens with zero attached hydrogens (tertiary/aromatic N) is 3. The molecule has 5 rings (SSSR count). The maximum atomic E-state index is 11.0. The number of thiazole rings is 2. The molecule has 0 radical (unpaired) electrons. The van der Waals surface area contributed by atoms with Gasteiger partial charge in [-0.15, -0.1) is 22.7 Å². The Labute approximate surface area is 194 Å². The van der Waals surface area contributed by atoms with Crippen LogP contribution in [0.4, 0.5) is 10.8 Å². The van der Waals surface area contributed by atoms with Gasteiger partial charge in [0, 0.05) is 34.4 Å². The van der Waals surface area contributed by atoms with Crippen molar-refractivity contribution in [1.29, 1.82) is 0 Å². The zero-order valence-corrected chi connectivity index (χ0v) is 19.2. The van der Waals surface area contributed by atoms with Gasteiger partial charge in [0.15, 0.2) is 5.13 Å². The lowest BCUT2D eigenvalue weighted by molar-refractivity contribution is -0.384. The molecule has 2 aromatic heterocycles. The average Bonchev–Trinajstić information content (AvgIpc) is 3.32. The van der Waals surface area contributed by atoms with E-state index in [2.05, 4.69) is 41.2 Å². The highest BCUT2D eigenvalue weighted by molar-refractivity contribution is 7.14. The molecular formula is C24H22N4O2S2. The summed E-state index contributed by atoms with van der Waals surface area (Å²) in [5, 5.41) is 20.8. The highest BCUT2D eigenvalue weighted by atomic mass is 32.1. The van der Waals surface area contributed by atoms with E-state index in [0.29, 0.717) is 12.3 Å². The normalized spacial score (nSPS) is 14.3. The first-order valence-corrected chi connectivity index (χ1v) is 12.3. The topological polar surface area (TPSA) is 81.0 Å². The zero-order valence-electron chi connectivity index (χ0n) is 17.5. The fourth-order valence-corrected chi connectivity index (χ4v) is 5.44. The number of anilines is 1. The molecule has 1 atom stereocenters. The van der Waals surface area contributed by atoms with E-state index in [-0.39, 0.29) is 16.7 Å². The summed E-state index contributed by atoms with van der Waals surface area (Å²) >= 11 is 3.30. The van der Waals surface area contributed by atoms with Crippen LogP contribution < -0.4 is 5.32 Å². The molecule has 1 aliphatic rings. The maximum Gasteiger partial charge on any atom is 0.269 e. The van der Waals surface area contributed by atoms with Crippen LogP contribution >= 0.6 is 22.7 Å². The smallest absolute Gasteiger partial charge is 0.269 e. The van der Waals surface area contributed by atoms with Crippen LogP contribution in [0.25, 0.3) is 11.3 Å². The third-order valence-corrected chi connectivity index (χ3v) is 7.33. The van der Waals surface area contributed by atoms with Crippen LogP contribution in [-0.4, -0.2) is 14.9 Å². The Bertz CT molecular complexity index is 1240. The van der Waals surface area contributed by atoms with Gasteiger partial charge in [-0.3, -0.25) is 10.1 Å². The van der Waals surface area contributed by atoms with E-state index < -0.39 is 0 Å². The summed E-state index contributed by atoms with van der Waals surface area (Å²) in [6.45, 7) is 2.08. The molecular weight excluding hydrogens is 440 g/mol. The zero-order chi connectivity index (χ0) is 22.1. The van der Waals surface area contributed by atoms with Gasteiger partial charge in [0.1, 0.15) is 0 Å². The lowest BCUT2D eigenvalue weighted by Gasteiger charge is -2.16. The van der Waals surface area contributed by atoms with E-state index in [1.165, 1.54) is 23.4 Å². The van der Waals surface area contributed by atoms with Crippen LogP contribution in [0.2, 0.25) is 0 Å². The largest absolute Gasteiger partial charge is 0.353 e. The monoisotopic (exact) mass is 462 g/mol. The highest BCUT2D eigenvalue weighted by Gasteiger charge is 2.28. The Balaban J connectivity index is 1.39. The van der Waals surface area contributed by atoms with Crippen molar-refractivity contribution in [2.24, 2.45) is 0 Å². The summed E-state index contributed by atoms with van der Waals surface area (Å²) in [6, 6.07) is 15.0. The average molecular weight is 463 g/mol. The quantitative estimate of drug-likeness (QED) is 0.231. The Morgan fingerprint density at radius 2 is 1.94 bits per heavy atom. The number of hydrogen-bond acceptors (Lipinski definition) is 7. The van der Waals surface area contributed by atoms with Gasteiger partial charge in [0.05, 0.1) is 27.4 Å². The summed E-state index contributed by atoms with van der Waals surface area (Å²) in [7, 11) is 0. The number of rotatable bonds is 8. The molecule has 1 unspecified atom stereocenters. The SMILES string of the molecule is Cc1cccc(-c2csc(NC(Cc3ccc([N+](=O)[O-])cc3)c3csc(C4CC4)n3)n2)c1. The summed E-state index contributed by atoms with van der Waals surface area (Å²) in [4.78, 5) is 20.3. The number of nitrogens with one attached hydrogen (secondary N) is 1. The molecule has 0 spiro atoms. The van der Waals surface area contributed by atoms with Crippen molar-refractivity contribution in [2.45, 2.75) is 38.1 Å². The van der Waals surface area contributed by atoms with Gasteiger partial charge in [-0.05, 0) is 37.8 Å². The minimum atomic E-state index is -0.371. The van der Waals surface area contributed by atoms with Crippen LogP contribution in [0.5, 0.6) is 0 Å². The summed E-state index contributed by atoms with van der Waals surface area (Å²) in [5.74, 6) is 0.613. The van der Waals surface area contributed by atoms with E-state index in [4.69, 9.17) is 9.97 Å². The third kappa shape index (κ3) is 4.71. The molecule has 32 heavy (non-hydrogen) atoms. The predicted molar refractivity (Wildman–Crippen MR) is 130 cm³/mol. The van der Waals surface area contributed by atoms with Crippen LogP contribution in [0.15, 0.2) is 59.3 Å². The second-order valence-electron chi connectivity index (χ2n) is 8.12. The van der Waals surface area contributed by atoms with Gasteiger partial charge in [-0.25, -0.2) is 9.97 Å². The summed E-state index contributed by atoms with van der Waals surface area (Å²) in [5.41, 5.74) is 5.38. The minimum Gasteiger partial charge on any atom is -0.353 e. The Hall–Kier alpha value is -3.10. The Kier molecular flexibility index (Phi) is 5.71. The predicted octanol–water partition coefficient (Wildman–Crippen LogP) is 6.76. The number of nitro benzene ring substituents is 1. The van der Waals surface area contributed by atoms with Crippen LogP contribution in [0, 0.1) is 17.0 Å². The fraction of sp³-hybridized carbons (Fsp3) is 0.250. The van der Waals surface area contributed by atoms with Crippen LogP contribution in [0.1, 0.15) is 46.6 Å². The molecule has 1 aliphatic carbocycles. The second-order valence-corrected chi connectivity index (χ2v) is 9.86. The van der Waals surface area contributed by atoms with Gasteiger partial charge in [0.2, 0.25) is 0 Å². The lowest BCUT2D eigenvalue weighted by Crippen LogP contribution is -2.14. The summed E-state index contributed by atoms with van der Waals surface area (Å²) in [6.07, 6.45) is 3.12. The number of nitro groups is 1. The first-order chi connectivity index (χ1) is 15.5. The van der Waals surface area contributed by atoms with Crippen LogP contribution in [0.3, 0.4) is 0 Å². The molecule has 2 aromatic carbocycles. The molecule has 1 fully saturated rings. The van der Waals surface area contributed by atoms with Gasteiger partial charge >= 0.3 is 0 Å². The molecule has 1 saturated carbocycles. The number of non-ortho nitro benzene ring substituents is 1. The highest BCUT2D eigenvalue weighted by Crippen LogP contribution is 2.42. The van der Waals surface area contributed by atoms with Crippen molar-refractivity contribution < 1.29 is 4.92 Å². The van der Waals surface area contributed by atoms with Crippen molar-refractivity contribution in [3.8, 4) is 11.3 Å². The molecule has 6 nitrogen and oxygen atoms in total. The Morgan fingerprint density at radius 1 is 1.12 bits per heavy atom. The molecule has 162 valence electrons. The number of benzene rings is 2.